The summed E-state index contributed by atoms with van der Waals surface area (Å²) in [4.78, 5) is 24.2. The number of ether oxygens (including phenoxy) is 1. The predicted molar refractivity (Wildman–Crippen MR) is 156 cm³/mol. The van der Waals surface area contributed by atoms with Gasteiger partial charge in [0.15, 0.2) is 5.78 Å². The topological polar surface area (TPSA) is 68.5 Å². The highest BCUT2D eigenvalue weighted by Gasteiger charge is 2.17. The molecule has 0 spiro atoms. The number of allylic oxidation sites excluding steroid dienone is 1. The molecule has 0 radical (unpaired) electrons. The molecule has 4 aromatic rings. The van der Waals surface area contributed by atoms with Crippen LogP contribution in [0.15, 0.2) is 91.3 Å². The van der Waals surface area contributed by atoms with Gasteiger partial charge in [0.1, 0.15) is 5.75 Å². The molecule has 0 aliphatic heterocycles. The number of aromatic nitrogens is 1. The SMILES string of the molecule is CC(C)Cc1ccc(CCCC=COc2ccc(C(=O)c3cn(CCCC(=O)O)c4ccccc34)cc2)cc1. The summed E-state index contributed by atoms with van der Waals surface area (Å²) in [6.45, 7) is 5.03. The molecule has 39 heavy (non-hydrogen) atoms. The number of carbonyl (C=O) groups excluding carboxylic acids is 1. The van der Waals surface area contributed by atoms with Crippen molar-refractivity contribution in [3.05, 3.63) is 114 Å². The monoisotopic (exact) mass is 523 g/mol. The van der Waals surface area contributed by atoms with Crippen LogP contribution in [-0.4, -0.2) is 21.4 Å². The summed E-state index contributed by atoms with van der Waals surface area (Å²) >= 11 is 0. The number of ketones is 1. The van der Waals surface area contributed by atoms with E-state index in [9.17, 15) is 9.59 Å². The van der Waals surface area contributed by atoms with Gasteiger partial charge in [0.25, 0.3) is 0 Å². The van der Waals surface area contributed by atoms with E-state index in [1.165, 1.54) is 11.1 Å². The molecule has 0 unspecified atom stereocenters. The molecule has 0 bridgehead atoms. The van der Waals surface area contributed by atoms with E-state index >= 15 is 0 Å². The second kappa shape index (κ2) is 13.6. The van der Waals surface area contributed by atoms with Crippen molar-refractivity contribution in [2.45, 2.75) is 58.9 Å². The molecule has 5 nitrogen and oxygen atoms in total. The Kier molecular flexibility index (Phi) is 9.74. The van der Waals surface area contributed by atoms with Crippen molar-refractivity contribution >= 4 is 22.7 Å². The van der Waals surface area contributed by atoms with Crippen LogP contribution in [0.4, 0.5) is 0 Å². The van der Waals surface area contributed by atoms with Gasteiger partial charge in [-0.15, -0.1) is 0 Å². The molecule has 0 saturated heterocycles. The largest absolute Gasteiger partial charge is 0.481 e. The van der Waals surface area contributed by atoms with Gasteiger partial charge in [-0.05, 0) is 85.6 Å². The number of carboxylic acid groups (broad SMARTS) is 1. The van der Waals surface area contributed by atoms with E-state index < -0.39 is 5.97 Å². The maximum Gasteiger partial charge on any atom is 0.303 e. The summed E-state index contributed by atoms with van der Waals surface area (Å²) in [6, 6.07) is 23.9. The number of aliphatic carboxylic acids is 1. The Bertz CT molecular complexity index is 1410. The van der Waals surface area contributed by atoms with E-state index in [1.807, 2.05) is 53.2 Å². The van der Waals surface area contributed by atoms with Gasteiger partial charge >= 0.3 is 5.97 Å². The Morgan fingerprint density at radius 1 is 0.923 bits per heavy atom. The van der Waals surface area contributed by atoms with Crippen LogP contribution in [0.2, 0.25) is 0 Å². The van der Waals surface area contributed by atoms with Gasteiger partial charge in [-0.2, -0.15) is 0 Å². The number of carboxylic acids is 1. The first-order valence-corrected chi connectivity index (χ1v) is 13.7. The molecule has 0 atom stereocenters. The van der Waals surface area contributed by atoms with Gasteiger partial charge in [-0.1, -0.05) is 56.3 Å². The fourth-order valence-electron chi connectivity index (χ4n) is 4.79. The predicted octanol–water partition coefficient (Wildman–Crippen LogP) is 7.85. The normalized spacial score (nSPS) is 11.5. The molecule has 1 heterocycles. The second-order valence-corrected chi connectivity index (χ2v) is 10.4. The molecule has 3 aromatic carbocycles. The summed E-state index contributed by atoms with van der Waals surface area (Å²) in [5.74, 6) is 0.471. The van der Waals surface area contributed by atoms with Crippen molar-refractivity contribution in [3.8, 4) is 5.75 Å². The van der Waals surface area contributed by atoms with Crippen molar-refractivity contribution in [2.24, 2.45) is 5.92 Å². The first-order valence-electron chi connectivity index (χ1n) is 13.7. The van der Waals surface area contributed by atoms with Crippen molar-refractivity contribution in [1.82, 2.24) is 4.57 Å². The lowest BCUT2D eigenvalue weighted by molar-refractivity contribution is -0.137. The minimum absolute atomic E-state index is 0.0671. The van der Waals surface area contributed by atoms with Crippen molar-refractivity contribution in [2.75, 3.05) is 0 Å². The number of rotatable bonds is 14. The molecule has 1 N–H and O–H groups in total. The Morgan fingerprint density at radius 2 is 1.64 bits per heavy atom. The van der Waals surface area contributed by atoms with Gasteiger partial charge in [0.05, 0.1) is 6.26 Å². The molecule has 5 heteroatoms. The van der Waals surface area contributed by atoms with Crippen LogP contribution in [0.3, 0.4) is 0 Å². The number of para-hydroxylation sites is 1. The Morgan fingerprint density at radius 3 is 2.36 bits per heavy atom. The van der Waals surface area contributed by atoms with Gasteiger partial charge in [0.2, 0.25) is 0 Å². The Labute approximate surface area is 230 Å². The first kappa shape index (κ1) is 27.9. The lowest BCUT2D eigenvalue weighted by Gasteiger charge is -2.06. The van der Waals surface area contributed by atoms with Crippen LogP contribution < -0.4 is 4.74 Å². The molecule has 202 valence electrons. The molecule has 0 aliphatic rings. The minimum Gasteiger partial charge on any atom is -0.481 e. The Balaban J connectivity index is 1.29. The molecule has 4 rings (SSSR count). The van der Waals surface area contributed by atoms with Crippen LogP contribution in [-0.2, 0) is 24.2 Å². The van der Waals surface area contributed by atoms with Crippen molar-refractivity contribution in [1.29, 1.82) is 0 Å². The van der Waals surface area contributed by atoms with E-state index in [0.717, 1.165) is 36.6 Å². The highest BCUT2D eigenvalue weighted by atomic mass is 16.5. The number of unbranched alkanes of at least 4 members (excludes halogenated alkanes) is 1. The summed E-state index contributed by atoms with van der Waals surface area (Å²) in [5, 5.41) is 9.82. The van der Waals surface area contributed by atoms with Gasteiger partial charge in [0, 0.05) is 41.2 Å². The highest BCUT2D eigenvalue weighted by Crippen LogP contribution is 2.25. The highest BCUT2D eigenvalue weighted by molar-refractivity contribution is 6.16. The maximum atomic E-state index is 13.3. The Hall–Kier alpha value is -4.12. The number of benzene rings is 3. The average molecular weight is 524 g/mol. The van der Waals surface area contributed by atoms with Crippen LogP contribution in [0, 0.1) is 5.92 Å². The van der Waals surface area contributed by atoms with E-state index in [0.29, 0.717) is 35.8 Å². The molecule has 0 aliphatic carbocycles. The van der Waals surface area contributed by atoms with Crippen molar-refractivity contribution < 1.29 is 19.4 Å². The number of hydrogen-bond donors (Lipinski definition) is 1. The second-order valence-electron chi connectivity index (χ2n) is 10.4. The zero-order valence-electron chi connectivity index (χ0n) is 22.8. The van der Waals surface area contributed by atoms with Gasteiger partial charge in [-0.3, -0.25) is 9.59 Å². The molecule has 0 amide bonds. The summed E-state index contributed by atoms with van der Waals surface area (Å²) in [7, 11) is 0. The fourth-order valence-corrected chi connectivity index (χ4v) is 4.79. The third-order valence-corrected chi connectivity index (χ3v) is 6.74. The van der Waals surface area contributed by atoms with Crippen LogP contribution in [0.25, 0.3) is 10.9 Å². The smallest absolute Gasteiger partial charge is 0.303 e. The van der Waals surface area contributed by atoms with Gasteiger partial charge < -0.3 is 14.4 Å². The number of nitrogens with zero attached hydrogens (tertiary/aromatic N) is 1. The summed E-state index contributed by atoms with van der Waals surface area (Å²) < 4.78 is 7.71. The average Bonchev–Trinajstić information content (AvgIpc) is 3.29. The fraction of sp³-hybridized carbons (Fsp3) is 0.294. The van der Waals surface area contributed by atoms with E-state index in [-0.39, 0.29) is 12.2 Å². The van der Waals surface area contributed by atoms with E-state index in [4.69, 9.17) is 9.84 Å². The third-order valence-electron chi connectivity index (χ3n) is 6.74. The first-order chi connectivity index (χ1) is 18.9. The lowest BCUT2D eigenvalue weighted by Crippen LogP contribution is -2.02. The molecular weight excluding hydrogens is 486 g/mol. The number of carbonyl (C=O) groups is 2. The number of fused-ring (bicyclic) bond motifs is 1. The van der Waals surface area contributed by atoms with Gasteiger partial charge in [-0.25, -0.2) is 0 Å². The summed E-state index contributed by atoms with van der Waals surface area (Å²) in [5.41, 5.74) is 4.89. The van der Waals surface area contributed by atoms with Crippen molar-refractivity contribution in [3.63, 3.8) is 0 Å². The van der Waals surface area contributed by atoms with Crippen LogP contribution >= 0.6 is 0 Å². The van der Waals surface area contributed by atoms with Crippen LogP contribution in [0.1, 0.15) is 66.6 Å². The zero-order chi connectivity index (χ0) is 27.6. The molecule has 1 aromatic heterocycles. The minimum atomic E-state index is -0.817. The summed E-state index contributed by atoms with van der Waals surface area (Å²) in [6.07, 6.45) is 10.3. The molecule has 0 fully saturated rings. The zero-order valence-corrected chi connectivity index (χ0v) is 22.8. The molecule has 0 saturated carbocycles. The number of aryl methyl sites for hydroxylation is 2. The number of hydrogen-bond acceptors (Lipinski definition) is 3. The van der Waals surface area contributed by atoms with E-state index in [1.54, 1.807) is 18.4 Å². The molecular formula is C34H37NO4. The quantitative estimate of drug-likeness (QED) is 0.104. The lowest BCUT2D eigenvalue weighted by atomic mass is 10.0. The maximum absolute atomic E-state index is 13.3. The van der Waals surface area contributed by atoms with Crippen LogP contribution in [0.5, 0.6) is 5.75 Å². The van der Waals surface area contributed by atoms with E-state index in [2.05, 4.69) is 38.1 Å². The standard InChI is InChI=1S/C34H37NO4/c1-25(2)23-27-15-13-26(14-16-27)9-4-3-7-22-39-29-19-17-28(18-20-29)34(38)31-24-35(21-8-12-33(36)37)32-11-6-5-10-30(31)32/h5-7,10-11,13-20,22,24-25H,3-4,8-9,12,21,23H2,1-2H3,(H,36,37). The third kappa shape index (κ3) is 7.93.